The first kappa shape index (κ1) is 8.89. The van der Waals surface area contributed by atoms with Crippen LogP contribution in [-0.2, 0) is 12.2 Å². The third-order valence-corrected chi connectivity index (χ3v) is 2.78. The monoisotopic (exact) mass is 184 g/mol. The fourth-order valence-electron chi connectivity index (χ4n) is 0.828. The van der Waals surface area contributed by atoms with E-state index >= 15 is 0 Å². The van der Waals surface area contributed by atoms with Crippen molar-refractivity contribution in [1.82, 2.24) is 0 Å². The van der Waals surface area contributed by atoms with Crippen LogP contribution in [0.3, 0.4) is 0 Å². The average Bonchev–Trinajstić information content (AvgIpc) is 2.05. The maximum absolute atomic E-state index is 4.94. The third-order valence-electron chi connectivity index (χ3n) is 1.50. The van der Waals surface area contributed by atoms with Crippen LogP contribution >= 0.6 is 7.78 Å². The van der Waals surface area contributed by atoms with Crippen molar-refractivity contribution < 1.29 is 0 Å². The number of anilines is 1. The van der Waals surface area contributed by atoms with Crippen molar-refractivity contribution in [3.63, 3.8) is 0 Å². The molecule has 0 bridgehead atoms. The van der Waals surface area contributed by atoms with Crippen LogP contribution in [0, 0.1) is 0 Å². The highest BCUT2D eigenvalue weighted by atomic mass is 32.7. The first-order valence-electron chi connectivity index (χ1n) is 3.39. The highest BCUT2D eigenvalue weighted by Gasteiger charge is 1.91. The van der Waals surface area contributed by atoms with E-state index in [0.717, 1.165) is 0 Å². The van der Waals surface area contributed by atoms with Gasteiger partial charge in [0.05, 0.1) is 0 Å². The van der Waals surface area contributed by atoms with Crippen LogP contribution in [0.25, 0.3) is 0 Å². The molecular formula is C8H11NPS-. The van der Waals surface area contributed by atoms with Gasteiger partial charge < -0.3 is 17.1 Å². The second-order valence-electron chi connectivity index (χ2n) is 2.54. The Morgan fingerprint density at radius 2 is 1.73 bits per heavy atom. The van der Waals surface area contributed by atoms with E-state index in [0.29, 0.717) is 7.78 Å². The zero-order valence-corrected chi connectivity index (χ0v) is 8.48. The molecule has 1 atom stereocenters. The molecule has 0 aromatic heterocycles. The van der Waals surface area contributed by atoms with E-state index in [4.69, 9.17) is 12.2 Å². The summed E-state index contributed by atoms with van der Waals surface area (Å²) in [4.78, 5) is 2.08. The second-order valence-corrected chi connectivity index (χ2v) is 3.94. The summed E-state index contributed by atoms with van der Waals surface area (Å²) in [6, 6.07) is 8.35. The van der Waals surface area contributed by atoms with Gasteiger partial charge in [-0.25, -0.2) is 7.78 Å². The predicted octanol–water partition coefficient (Wildman–Crippen LogP) is 1.52. The van der Waals surface area contributed by atoms with Gasteiger partial charge in [0, 0.05) is 19.8 Å². The average molecular weight is 184 g/mol. The number of benzene rings is 1. The summed E-state index contributed by atoms with van der Waals surface area (Å²) in [5, 5.41) is 1.24. The van der Waals surface area contributed by atoms with E-state index in [1.54, 1.807) is 0 Å². The van der Waals surface area contributed by atoms with E-state index < -0.39 is 0 Å². The Hall–Kier alpha value is -0.200. The molecule has 0 radical (unpaired) electrons. The number of nitrogens with zero attached hydrogens (tertiary/aromatic N) is 1. The van der Waals surface area contributed by atoms with Crippen molar-refractivity contribution >= 4 is 31.0 Å². The minimum atomic E-state index is 0.485. The van der Waals surface area contributed by atoms with Gasteiger partial charge in [-0.05, 0) is 12.1 Å². The first-order valence-corrected chi connectivity index (χ1v) is 5.53. The summed E-state index contributed by atoms with van der Waals surface area (Å²) in [6.07, 6.45) is 0. The second kappa shape index (κ2) is 3.99. The van der Waals surface area contributed by atoms with Gasteiger partial charge in [0.1, 0.15) is 0 Å². The van der Waals surface area contributed by atoms with Gasteiger partial charge in [-0.15, -0.1) is 0 Å². The quantitative estimate of drug-likeness (QED) is 0.506. The van der Waals surface area contributed by atoms with Crippen molar-refractivity contribution in [1.29, 1.82) is 0 Å². The zero-order chi connectivity index (χ0) is 8.27. The van der Waals surface area contributed by atoms with Gasteiger partial charge >= 0.3 is 0 Å². The minimum Gasteiger partial charge on any atom is -0.757 e. The van der Waals surface area contributed by atoms with E-state index in [-0.39, 0.29) is 0 Å². The van der Waals surface area contributed by atoms with Gasteiger partial charge in [-0.1, -0.05) is 17.4 Å². The summed E-state index contributed by atoms with van der Waals surface area (Å²) in [5.74, 6) is 0. The number of rotatable bonds is 2. The number of hydrogen-bond acceptors (Lipinski definition) is 2. The van der Waals surface area contributed by atoms with Crippen LogP contribution in [0.4, 0.5) is 5.69 Å². The third kappa shape index (κ3) is 2.39. The van der Waals surface area contributed by atoms with Crippen molar-refractivity contribution in [3.05, 3.63) is 24.3 Å². The highest BCUT2D eigenvalue weighted by molar-refractivity contribution is 8.27. The Labute approximate surface area is 74.7 Å². The summed E-state index contributed by atoms with van der Waals surface area (Å²) < 4.78 is 0. The van der Waals surface area contributed by atoms with Gasteiger partial charge in [0.2, 0.25) is 0 Å². The topological polar surface area (TPSA) is 3.24 Å². The van der Waals surface area contributed by atoms with Crippen LogP contribution < -0.4 is 10.2 Å². The summed E-state index contributed by atoms with van der Waals surface area (Å²) in [7, 11) is 4.55. The fourth-order valence-corrected chi connectivity index (χ4v) is 1.54. The molecule has 0 aliphatic carbocycles. The maximum atomic E-state index is 4.94. The molecule has 1 aromatic carbocycles. The van der Waals surface area contributed by atoms with Crippen LogP contribution in [0.2, 0.25) is 0 Å². The molecule has 1 rings (SSSR count). The largest absolute Gasteiger partial charge is 0.757 e. The Bertz CT molecular complexity index is 220. The van der Waals surface area contributed by atoms with Crippen LogP contribution in [0.1, 0.15) is 0 Å². The summed E-state index contributed by atoms with van der Waals surface area (Å²) in [5.41, 5.74) is 1.22. The normalized spacial score (nSPS) is 10.8. The lowest BCUT2D eigenvalue weighted by Crippen LogP contribution is -2.09. The smallest absolute Gasteiger partial charge is 0.0361 e. The molecule has 0 heterocycles. The molecule has 0 N–H and O–H groups in total. The Morgan fingerprint density at radius 3 is 2.09 bits per heavy atom. The molecule has 0 aliphatic rings. The van der Waals surface area contributed by atoms with E-state index in [9.17, 15) is 0 Å². The van der Waals surface area contributed by atoms with Crippen molar-refractivity contribution in [2.45, 2.75) is 0 Å². The van der Waals surface area contributed by atoms with Gasteiger partial charge in [0.15, 0.2) is 0 Å². The van der Waals surface area contributed by atoms with Crippen LogP contribution in [0.15, 0.2) is 24.3 Å². The van der Waals surface area contributed by atoms with Gasteiger partial charge in [-0.3, -0.25) is 0 Å². The molecule has 1 aromatic rings. The SMILES string of the molecule is CN(C)c1ccc(P[S-])cc1. The molecule has 0 saturated carbocycles. The van der Waals surface area contributed by atoms with Crippen molar-refractivity contribution in [2.75, 3.05) is 19.0 Å². The lowest BCUT2D eigenvalue weighted by atomic mass is 10.3. The first-order chi connectivity index (χ1) is 5.24. The van der Waals surface area contributed by atoms with Crippen LogP contribution in [0.5, 0.6) is 0 Å². The molecule has 0 fully saturated rings. The summed E-state index contributed by atoms with van der Waals surface area (Å²) in [6.45, 7) is 0. The van der Waals surface area contributed by atoms with E-state index in [2.05, 4.69) is 29.2 Å². The lowest BCUT2D eigenvalue weighted by Gasteiger charge is -2.13. The Balaban J connectivity index is 2.83. The number of hydrogen-bond donors (Lipinski definition) is 0. The zero-order valence-electron chi connectivity index (χ0n) is 6.66. The van der Waals surface area contributed by atoms with Gasteiger partial charge in [-0.2, -0.15) is 0 Å². The van der Waals surface area contributed by atoms with E-state index in [1.165, 1.54) is 11.0 Å². The van der Waals surface area contributed by atoms with Crippen LogP contribution in [-0.4, -0.2) is 14.1 Å². The molecule has 1 unspecified atom stereocenters. The molecule has 0 aliphatic heterocycles. The van der Waals surface area contributed by atoms with Crippen molar-refractivity contribution in [2.24, 2.45) is 0 Å². The molecular weight excluding hydrogens is 173 g/mol. The molecule has 1 nitrogen and oxygen atoms in total. The Morgan fingerprint density at radius 1 is 1.18 bits per heavy atom. The predicted molar refractivity (Wildman–Crippen MR) is 56.1 cm³/mol. The molecule has 0 amide bonds. The molecule has 3 heteroatoms. The maximum Gasteiger partial charge on any atom is 0.0361 e. The molecule has 0 spiro atoms. The van der Waals surface area contributed by atoms with Gasteiger partial charge in [0.25, 0.3) is 0 Å². The Kier molecular flexibility index (Phi) is 3.22. The molecule has 11 heavy (non-hydrogen) atoms. The summed E-state index contributed by atoms with van der Waals surface area (Å²) >= 11 is 4.94. The van der Waals surface area contributed by atoms with E-state index in [1.807, 2.05) is 14.1 Å². The van der Waals surface area contributed by atoms with Crippen molar-refractivity contribution in [3.8, 4) is 0 Å². The molecule has 60 valence electrons. The minimum absolute atomic E-state index is 0.485. The fraction of sp³-hybridized carbons (Fsp3) is 0.250. The highest BCUT2D eigenvalue weighted by Crippen LogP contribution is 2.12. The standard InChI is InChI=1S/C8H11NPS/c1-9(2)7-3-5-8(10-11)6-4-7/h3-6,10H,1-2H3/q-1. The molecule has 0 saturated heterocycles. The lowest BCUT2D eigenvalue weighted by molar-refractivity contribution is 1.13.